The van der Waals surface area contributed by atoms with E-state index in [1.807, 2.05) is 19.9 Å². The molecule has 2 amide bonds. The first-order valence-corrected chi connectivity index (χ1v) is 11.9. The van der Waals surface area contributed by atoms with Crippen molar-refractivity contribution in [3.8, 4) is 5.75 Å². The Kier molecular flexibility index (Phi) is 5.93. The number of carbonyl (C=O) groups is 3. The number of amides is 2. The van der Waals surface area contributed by atoms with E-state index in [0.29, 0.717) is 11.4 Å². The summed E-state index contributed by atoms with van der Waals surface area (Å²) in [5.41, 5.74) is -0.710. The molecule has 4 heterocycles. The number of esters is 1. The Morgan fingerprint density at radius 1 is 1.14 bits per heavy atom. The number of cyclic esters (lactones) is 1. The van der Waals surface area contributed by atoms with Crippen LogP contribution in [0.5, 0.6) is 5.75 Å². The number of anilines is 1. The average Bonchev–Trinajstić information content (AvgIpc) is 3.14. The maximum atomic E-state index is 14.2. The lowest BCUT2D eigenvalue weighted by atomic mass is 9.78. The van der Waals surface area contributed by atoms with Gasteiger partial charge in [-0.3, -0.25) is 14.4 Å². The summed E-state index contributed by atoms with van der Waals surface area (Å²) in [6.07, 6.45) is 6.35. The van der Waals surface area contributed by atoms with Crippen molar-refractivity contribution in [2.24, 2.45) is 17.8 Å². The molecule has 0 aromatic heterocycles. The highest BCUT2D eigenvalue weighted by atomic mass is 16.6. The Hall–Kier alpha value is -3.17. The van der Waals surface area contributed by atoms with Crippen LogP contribution in [0.15, 0.2) is 48.6 Å². The molecule has 0 saturated carbocycles. The number of hydrogen-bond acceptors (Lipinski definition) is 7. The molecule has 0 radical (unpaired) electrons. The summed E-state index contributed by atoms with van der Waals surface area (Å²) in [4.78, 5) is 44.3. The molecule has 9 heteroatoms. The summed E-state index contributed by atoms with van der Waals surface area (Å²) < 4.78 is 17.1. The van der Waals surface area contributed by atoms with Crippen LogP contribution in [0.3, 0.4) is 0 Å². The number of aliphatic hydroxyl groups excluding tert-OH is 1. The van der Waals surface area contributed by atoms with Crippen molar-refractivity contribution in [2.45, 2.75) is 37.6 Å². The van der Waals surface area contributed by atoms with E-state index in [2.05, 4.69) is 0 Å². The number of likely N-dealkylation sites (tertiary alicyclic amines) is 1. The highest BCUT2D eigenvalue weighted by Gasteiger charge is 2.72. The van der Waals surface area contributed by atoms with Crippen molar-refractivity contribution < 1.29 is 33.7 Å². The first-order valence-electron chi connectivity index (χ1n) is 11.9. The maximum absolute atomic E-state index is 14.2. The van der Waals surface area contributed by atoms with Crippen LogP contribution in [0.1, 0.15) is 13.8 Å². The van der Waals surface area contributed by atoms with E-state index in [1.165, 1.54) is 4.90 Å². The van der Waals surface area contributed by atoms with Gasteiger partial charge in [0.05, 0.1) is 31.8 Å². The van der Waals surface area contributed by atoms with Gasteiger partial charge < -0.3 is 29.1 Å². The molecular weight excluding hydrogens is 452 g/mol. The predicted octanol–water partition coefficient (Wildman–Crippen LogP) is 1.31. The molecule has 2 fully saturated rings. The van der Waals surface area contributed by atoms with Crippen molar-refractivity contribution in [3.63, 3.8) is 0 Å². The molecule has 1 unspecified atom stereocenters. The third-order valence-corrected chi connectivity index (χ3v) is 7.55. The molecule has 1 aromatic rings. The molecule has 6 atom stereocenters. The lowest BCUT2D eigenvalue weighted by Gasteiger charge is -2.39. The fourth-order valence-corrected chi connectivity index (χ4v) is 5.88. The van der Waals surface area contributed by atoms with Gasteiger partial charge in [-0.15, -0.1) is 0 Å². The van der Waals surface area contributed by atoms with E-state index in [9.17, 15) is 19.5 Å². The lowest BCUT2D eigenvalue weighted by Crippen LogP contribution is -2.59. The molecule has 0 aliphatic carbocycles. The zero-order valence-electron chi connectivity index (χ0n) is 20.0. The Labute approximate surface area is 203 Å². The van der Waals surface area contributed by atoms with E-state index in [0.717, 1.165) is 0 Å². The standard InChI is InChI=1S/C26H30N2O7/c1-15(2)18(14-29)28-22-24(31)27(16-7-9-17(33-3)10-8-16)12-5-11-26(22)21(23(28)30)20-19(35-26)6-4-13-34-25(20)32/h4-11,15,18-22,29H,12-14H2,1-3H3/t18-,19-,20+,21-,22?,26-/m0/s1. The second-order valence-corrected chi connectivity index (χ2v) is 9.69. The van der Waals surface area contributed by atoms with Gasteiger partial charge in [-0.2, -0.15) is 0 Å². The molecule has 2 saturated heterocycles. The number of carbonyl (C=O) groups excluding carboxylic acids is 3. The van der Waals surface area contributed by atoms with Crippen LogP contribution in [0.4, 0.5) is 5.69 Å². The van der Waals surface area contributed by atoms with Gasteiger partial charge in [0, 0.05) is 12.2 Å². The van der Waals surface area contributed by atoms with Crippen LogP contribution in [0.2, 0.25) is 0 Å². The largest absolute Gasteiger partial charge is 0.497 e. The van der Waals surface area contributed by atoms with E-state index in [4.69, 9.17) is 14.2 Å². The number of benzene rings is 1. The summed E-state index contributed by atoms with van der Waals surface area (Å²) >= 11 is 0. The topological polar surface area (TPSA) is 106 Å². The Balaban J connectivity index is 1.64. The number of aliphatic hydroxyl groups is 1. The minimum atomic E-state index is -1.35. The molecule has 9 nitrogen and oxygen atoms in total. The number of nitrogens with zero attached hydrogens (tertiary/aromatic N) is 2. The van der Waals surface area contributed by atoms with Crippen LogP contribution < -0.4 is 9.64 Å². The number of ether oxygens (including phenoxy) is 3. The summed E-state index contributed by atoms with van der Waals surface area (Å²) in [6.45, 7) is 3.84. The monoisotopic (exact) mass is 482 g/mol. The molecule has 35 heavy (non-hydrogen) atoms. The Morgan fingerprint density at radius 2 is 1.89 bits per heavy atom. The highest BCUT2D eigenvalue weighted by molar-refractivity contribution is 6.05. The quantitative estimate of drug-likeness (QED) is 0.498. The molecule has 4 aliphatic rings. The molecule has 1 N–H and O–H groups in total. The number of methoxy groups -OCH3 is 1. The smallest absolute Gasteiger partial charge is 0.313 e. The Morgan fingerprint density at radius 3 is 2.54 bits per heavy atom. The van der Waals surface area contributed by atoms with Crippen LogP contribution in [0.25, 0.3) is 0 Å². The van der Waals surface area contributed by atoms with Gasteiger partial charge in [0.25, 0.3) is 5.91 Å². The fraction of sp³-hybridized carbons (Fsp3) is 0.500. The molecule has 5 rings (SSSR count). The summed E-state index contributed by atoms with van der Waals surface area (Å²) in [5.74, 6) is -2.50. The van der Waals surface area contributed by atoms with Gasteiger partial charge in [-0.05, 0) is 36.3 Å². The summed E-state index contributed by atoms with van der Waals surface area (Å²) in [6, 6.07) is 5.43. The second kappa shape index (κ2) is 8.80. The van der Waals surface area contributed by atoms with E-state index < -0.39 is 41.6 Å². The first-order chi connectivity index (χ1) is 16.8. The summed E-state index contributed by atoms with van der Waals surface area (Å²) in [5, 5.41) is 10.3. The van der Waals surface area contributed by atoms with Gasteiger partial charge >= 0.3 is 5.97 Å². The molecular formula is C26H30N2O7. The van der Waals surface area contributed by atoms with E-state index in [1.54, 1.807) is 54.5 Å². The van der Waals surface area contributed by atoms with Crippen LogP contribution in [0, 0.1) is 17.8 Å². The van der Waals surface area contributed by atoms with Gasteiger partial charge in [-0.25, -0.2) is 0 Å². The van der Waals surface area contributed by atoms with Gasteiger partial charge in [-0.1, -0.05) is 32.1 Å². The van der Waals surface area contributed by atoms with Gasteiger partial charge in [0.1, 0.15) is 29.9 Å². The SMILES string of the molecule is COc1ccc(N2CC=C[C@]34O[C@H]5C=CCOC(=O)[C@H]5[C@H]3C(=O)N([C@@H](CO)C(C)C)C4C2=O)cc1. The maximum Gasteiger partial charge on any atom is 0.313 e. The first kappa shape index (κ1) is 23.6. The third kappa shape index (κ3) is 3.48. The van der Waals surface area contributed by atoms with Gasteiger partial charge in [0.2, 0.25) is 5.91 Å². The van der Waals surface area contributed by atoms with Crippen molar-refractivity contribution >= 4 is 23.5 Å². The van der Waals surface area contributed by atoms with Crippen molar-refractivity contribution in [2.75, 3.05) is 31.8 Å². The number of rotatable bonds is 5. The summed E-state index contributed by atoms with van der Waals surface area (Å²) in [7, 11) is 1.57. The minimum Gasteiger partial charge on any atom is -0.497 e. The third-order valence-electron chi connectivity index (χ3n) is 7.55. The number of fused-ring (bicyclic) bond motifs is 2. The van der Waals surface area contributed by atoms with Crippen molar-refractivity contribution in [3.05, 3.63) is 48.6 Å². The minimum absolute atomic E-state index is 0.113. The van der Waals surface area contributed by atoms with E-state index >= 15 is 0 Å². The van der Waals surface area contributed by atoms with Crippen LogP contribution in [-0.2, 0) is 23.9 Å². The fourth-order valence-electron chi connectivity index (χ4n) is 5.88. The van der Waals surface area contributed by atoms with Crippen molar-refractivity contribution in [1.29, 1.82) is 0 Å². The highest BCUT2D eigenvalue weighted by Crippen LogP contribution is 2.54. The molecule has 0 bridgehead atoms. The zero-order chi connectivity index (χ0) is 24.9. The molecule has 186 valence electrons. The lowest BCUT2D eigenvalue weighted by molar-refractivity contribution is -0.154. The predicted molar refractivity (Wildman–Crippen MR) is 126 cm³/mol. The van der Waals surface area contributed by atoms with Crippen LogP contribution in [-0.4, -0.2) is 78.4 Å². The molecule has 1 spiro atoms. The normalized spacial score (nSPS) is 32.7. The molecule has 1 aromatic carbocycles. The van der Waals surface area contributed by atoms with Gasteiger partial charge in [0.15, 0.2) is 0 Å². The Bertz CT molecular complexity index is 1080. The van der Waals surface area contributed by atoms with E-state index in [-0.39, 0.29) is 37.5 Å². The molecule has 4 aliphatic heterocycles. The number of hydrogen-bond donors (Lipinski definition) is 1. The average molecular weight is 483 g/mol. The van der Waals surface area contributed by atoms with Crippen molar-refractivity contribution in [1.82, 2.24) is 4.90 Å². The zero-order valence-corrected chi connectivity index (χ0v) is 20.0. The van der Waals surface area contributed by atoms with Crippen LogP contribution >= 0.6 is 0 Å². The second-order valence-electron chi connectivity index (χ2n) is 9.69.